The Kier molecular flexibility index (Phi) is 7.43. The van der Waals surface area contributed by atoms with E-state index < -0.39 is 0 Å². The molecule has 1 saturated heterocycles. The van der Waals surface area contributed by atoms with Gasteiger partial charge in [-0.2, -0.15) is 0 Å². The molecule has 0 saturated carbocycles. The van der Waals surface area contributed by atoms with Crippen LogP contribution >= 0.6 is 11.6 Å². The average molecular weight is 420 g/mol. The number of halogens is 2. The molecule has 0 spiro atoms. The van der Waals surface area contributed by atoms with Crippen molar-refractivity contribution >= 4 is 29.5 Å². The normalized spacial score (nSPS) is 15.0. The third-order valence-electron chi connectivity index (χ3n) is 4.75. The molecule has 0 unspecified atom stereocenters. The number of hydrogen-bond acceptors (Lipinski definition) is 4. The van der Waals surface area contributed by atoms with Crippen molar-refractivity contribution in [2.45, 2.75) is 13.0 Å². The summed E-state index contributed by atoms with van der Waals surface area (Å²) in [6, 6.07) is 8.15. The van der Waals surface area contributed by atoms with Crippen molar-refractivity contribution in [3.8, 4) is 0 Å². The van der Waals surface area contributed by atoms with Gasteiger partial charge in [0.15, 0.2) is 0 Å². The molecule has 1 N–H and O–H groups in total. The second-order valence-electron chi connectivity index (χ2n) is 6.75. The Labute approximate surface area is 173 Å². The van der Waals surface area contributed by atoms with Gasteiger partial charge in [-0.05, 0) is 30.3 Å². The highest BCUT2D eigenvalue weighted by molar-refractivity contribution is 6.31. The number of rotatable bonds is 7. The van der Waals surface area contributed by atoms with Crippen molar-refractivity contribution in [2.75, 3.05) is 32.7 Å². The SMILES string of the molecule is O=C(/C=C/c1ccco1)NCCC(=O)N1CCN(Cc2c(F)cccc2Cl)CC1. The zero-order valence-corrected chi connectivity index (χ0v) is 16.7. The average Bonchev–Trinajstić information content (AvgIpc) is 3.23. The monoisotopic (exact) mass is 419 g/mol. The molecule has 1 aromatic heterocycles. The number of benzene rings is 1. The highest BCUT2D eigenvalue weighted by Gasteiger charge is 2.22. The van der Waals surface area contributed by atoms with Crippen LogP contribution in [0.1, 0.15) is 17.7 Å². The molecule has 154 valence electrons. The van der Waals surface area contributed by atoms with Crippen LogP contribution in [0.5, 0.6) is 0 Å². The molecule has 0 aliphatic carbocycles. The van der Waals surface area contributed by atoms with Crippen LogP contribution in [0.4, 0.5) is 4.39 Å². The minimum absolute atomic E-state index is 0.0103. The maximum atomic E-state index is 13.9. The van der Waals surface area contributed by atoms with E-state index in [2.05, 4.69) is 10.2 Å². The molecule has 0 radical (unpaired) electrons. The van der Waals surface area contributed by atoms with Crippen molar-refractivity contribution in [2.24, 2.45) is 0 Å². The minimum Gasteiger partial charge on any atom is -0.465 e. The Morgan fingerprint density at radius 2 is 1.97 bits per heavy atom. The van der Waals surface area contributed by atoms with Gasteiger partial charge in [0, 0.05) is 62.4 Å². The van der Waals surface area contributed by atoms with E-state index >= 15 is 0 Å². The molecule has 29 heavy (non-hydrogen) atoms. The fourth-order valence-electron chi connectivity index (χ4n) is 3.12. The number of nitrogens with zero attached hydrogens (tertiary/aromatic N) is 2. The number of piperazine rings is 1. The lowest BCUT2D eigenvalue weighted by Gasteiger charge is -2.35. The Morgan fingerprint density at radius 1 is 1.17 bits per heavy atom. The number of carbonyl (C=O) groups is 2. The van der Waals surface area contributed by atoms with Gasteiger partial charge in [-0.1, -0.05) is 17.7 Å². The second kappa shape index (κ2) is 10.2. The number of carbonyl (C=O) groups excluding carboxylic acids is 2. The van der Waals surface area contributed by atoms with Crippen molar-refractivity contribution < 1.29 is 18.4 Å². The maximum Gasteiger partial charge on any atom is 0.244 e. The summed E-state index contributed by atoms with van der Waals surface area (Å²) in [6.07, 6.45) is 4.70. The first-order valence-corrected chi connectivity index (χ1v) is 9.83. The zero-order chi connectivity index (χ0) is 20.6. The van der Waals surface area contributed by atoms with Gasteiger partial charge in [0.05, 0.1) is 6.26 Å². The number of hydrogen-bond donors (Lipinski definition) is 1. The van der Waals surface area contributed by atoms with Crippen LogP contribution in [0.2, 0.25) is 5.02 Å². The van der Waals surface area contributed by atoms with E-state index in [0.717, 1.165) is 0 Å². The molecule has 3 rings (SSSR count). The van der Waals surface area contributed by atoms with Crippen LogP contribution in [-0.4, -0.2) is 54.3 Å². The Hall–Kier alpha value is -2.64. The molecular formula is C21H23ClFN3O3. The van der Waals surface area contributed by atoms with Gasteiger partial charge in [-0.15, -0.1) is 0 Å². The molecule has 0 atom stereocenters. The minimum atomic E-state index is -0.312. The fraction of sp³-hybridized carbons (Fsp3) is 0.333. The standard InChI is InChI=1S/C21H23ClFN3O3/c22-18-4-1-5-19(23)17(18)15-25-10-12-26(13-11-25)21(28)8-9-24-20(27)7-6-16-3-2-14-29-16/h1-7,14H,8-13,15H2,(H,24,27)/b7-6+. The fourth-order valence-corrected chi connectivity index (χ4v) is 3.34. The van der Waals surface area contributed by atoms with E-state index in [1.807, 2.05) is 0 Å². The van der Waals surface area contributed by atoms with E-state index in [0.29, 0.717) is 49.1 Å². The lowest BCUT2D eigenvalue weighted by molar-refractivity contribution is -0.133. The summed E-state index contributed by atoms with van der Waals surface area (Å²) in [7, 11) is 0. The summed E-state index contributed by atoms with van der Waals surface area (Å²) in [5.74, 6) is -0.0108. The van der Waals surface area contributed by atoms with E-state index in [9.17, 15) is 14.0 Å². The Bertz CT molecular complexity index is 842. The third kappa shape index (κ3) is 6.17. The summed E-state index contributed by atoms with van der Waals surface area (Å²) in [6.45, 7) is 3.12. The topological polar surface area (TPSA) is 65.8 Å². The van der Waals surface area contributed by atoms with Crippen LogP contribution in [-0.2, 0) is 16.1 Å². The molecule has 8 heteroatoms. The van der Waals surface area contributed by atoms with Crippen LogP contribution < -0.4 is 5.32 Å². The van der Waals surface area contributed by atoms with Crippen molar-refractivity contribution in [3.63, 3.8) is 0 Å². The third-order valence-corrected chi connectivity index (χ3v) is 5.10. The van der Waals surface area contributed by atoms with E-state index in [1.165, 1.54) is 18.4 Å². The largest absolute Gasteiger partial charge is 0.465 e. The molecule has 1 fully saturated rings. The summed E-state index contributed by atoms with van der Waals surface area (Å²) >= 11 is 6.09. The molecule has 1 aromatic carbocycles. The molecular weight excluding hydrogens is 397 g/mol. The first-order valence-electron chi connectivity index (χ1n) is 9.45. The molecule has 1 aliphatic heterocycles. The number of furan rings is 1. The maximum absolute atomic E-state index is 13.9. The zero-order valence-electron chi connectivity index (χ0n) is 15.9. The van der Waals surface area contributed by atoms with E-state index in [1.54, 1.807) is 35.2 Å². The summed E-state index contributed by atoms with van der Waals surface area (Å²) in [5.41, 5.74) is 0.485. The quantitative estimate of drug-likeness (QED) is 0.701. The van der Waals surface area contributed by atoms with Gasteiger partial charge >= 0.3 is 0 Å². The molecule has 2 amide bonds. The smallest absolute Gasteiger partial charge is 0.244 e. The van der Waals surface area contributed by atoms with Gasteiger partial charge in [-0.3, -0.25) is 14.5 Å². The van der Waals surface area contributed by atoms with Gasteiger partial charge in [0.2, 0.25) is 11.8 Å². The predicted octanol–water partition coefficient (Wildman–Crippen LogP) is 2.94. The molecule has 1 aliphatic rings. The highest BCUT2D eigenvalue weighted by atomic mass is 35.5. The highest BCUT2D eigenvalue weighted by Crippen LogP contribution is 2.21. The van der Waals surface area contributed by atoms with Crippen LogP contribution in [0.25, 0.3) is 6.08 Å². The molecule has 2 heterocycles. The first-order chi connectivity index (χ1) is 14.0. The second-order valence-corrected chi connectivity index (χ2v) is 7.15. The van der Waals surface area contributed by atoms with Crippen LogP contribution in [0.3, 0.4) is 0 Å². The molecule has 6 nitrogen and oxygen atoms in total. The van der Waals surface area contributed by atoms with Gasteiger partial charge in [0.25, 0.3) is 0 Å². The van der Waals surface area contributed by atoms with Crippen molar-refractivity contribution in [3.05, 3.63) is 64.8 Å². The molecule has 0 bridgehead atoms. The first kappa shape index (κ1) is 21.1. The van der Waals surface area contributed by atoms with Crippen molar-refractivity contribution in [1.29, 1.82) is 0 Å². The number of amides is 2. The Morgan fingerprint density at radius 3 is 2.66 bits per heavy atom. The summed E-state index contributed by atoms with van der Waals surface area (Å²) < 4.78 is 19.0. The van der Waals surface area contributed by atoms with Crippen molar-refractivity contribution in [1.82, 2.24) is 15.1 Å². The van der Waals surface area contributed by atoms with Gasteiger partial charge in [0.1, 0.15) is 11.6 Å². The van der Waals surface area contributed by atoms with E-state index in [-0.39, 0.29) is 30.6 Å². The predicted molar refractivity (Wildman–Crippen MR) is 109 cm³/mol. The lowest BCUT2D eigenvalue weighted by atomic mass is 10.1. The molecule has 2 aromatic rings. The summed E-state index contributed by atoms with van der Waals surface area (Å²) in [4.78, 5) is 27.9. The van der Waals surface area contributed by atoms with Crippen LogP contribution in [0, 0.1) is 5.82 Å². The van der Waals surface area contributed by atoms with E-state index in [4.69, 9.17) is 16.0 Å². The number of nitrogens with one attached hydrogen (secondary N) is 1. The lowest BCUT2D eigenvalue weighted by Crippen LogP contribution is -2.48. The summed E-state index contributed by atoms with van der Waals surface area (Å²) in [5, 5.41) is 3.10. The van der Waals surface area contributed by atoms with Gasteiger partial charge in [-0.25, -0.2) is 4.39 Å². The van der Waals surface area contributed by atoms with Crippen LogP contribution in [0.15, 0.2) is 47.1 Å². The Balaban J connectivity index is 1.37. The van der Waals surface area contributed by atoms with Gasteiger partial charge < -0.3 is 14.6 Å².